The van der Waals surface area contributed by atoms with E-state index in [1.807, 2.05) is 24.3 Å². The van der Waals surface area contributed by atoms with Crippen molar-refractivity contribution in [1.82, 2.24) is 5.32 Å². The Morgan fingerprint density at radius 3 is 2.70 bits per heavy atom. The zero-order chi connectivity index (χ0) is 15.8. The lowest BCUT2D eigenvalue weighted by molar-refractivity contribution is -0.183. The fourth-order valence-electron chi connectivity index (χ4n) is 2.63. The number of benzene rings is 1. The van der Waals surface area contributed by atoms with Gasteiger partial charge in [-0.05, 0) is 18.9 Å². The first kappa shape index (κ1) is 18.2. The molecule has 0 radical (unpaired) electrons. The number of ether oxygens (including phenoxy) is 1. The first-order valence-electron chi connectivity index (χ1n) is 7.26. The van der Waals surface area contributed by atoms with Gasteiger partial charge < -0.3 is 15.8 Å². The van der Waals surface area contributed by atoms with Crippen LogP contribution in [0.3, 0.4) is 0 Å². The largest absolute Gasteiger partial charge is 0.493 e. The van der Waals surface area contributed by atoms with Gasteiger partial charge in [0.25, 0.3) is 0 Å². The molecule has 23 heavy (non-hydrogen) atoms. The number of nitrogens with zero attached hydrogens (tertiary/aromatic N) is 1. The predicted octanol–water partition coefficient (Wildman–Crippen LogP) is 3.38. The van der Waals surface area contributed by atoms with Gasteiger partial charge in [0, 0.05) is 12.0 Å². The molecule has 1 aliphatic carbocycles. The molecule has 3 N–H and O–H groups in total. The van der Waals surface area contributed by atoms with Crippen LogP contribution in [0, 0.1) is 5.41 Å². The Kier molecular flexibility index (Phi) is 5.32. The Morgan fingerprint density at radius 1 is 1.35 bits per heavy atom. The number of alkyl halides is 3. The van der Waals surface area contributed by atoms with E-state index in [1.165, 1.54) is 0 Å². The van der Waals surface area contributed by atoms with Gasteiger partial charge in [-0.2, -0.15) is 13.2 Å². The first-order chi connectivity index (χ1) is 10.4. The standard InChI is InChI=1S/C15H18F3N3O.HI/c16-15(17,18)14(6-7-14)9-20-13(19)21-11-5-8-22-12-4-2-1-3-10(11)12;/h1-4,11H,5-9H2,(H3,19,20,21);1H. The fraction of sp³-hybridized carbons (Fsp3) is 0.533. The summed E-state index contributed by atoms with van der Waals surface area (Å²) in [4.78, 5) is 3.91. The molecule has 0 bridgehead atoms. The maximum absolute atomic E-state index is 12.9. The van der Waals surface area contributed by atoms with Gasteiger partial charge in [0.1, 0.15) is 5.75 Å². The Hall–Kier alpha value is -1.19. The third kappa shape index (κ3) is 3.84. The Balaban J connectivity index is 0.00000192. The minimum absolute atomic E-state index is 0. The van der Waals surface area contributed by atoms with Gasteiger partial charge in [0.15, 0.2) is 5.96 Å². The van der Waals surface area contributed by atoms with E-state index in [2.05, 4.69) is 10.3 Å². The zero-order valence-electron chi connectivity index (χ0n) is 12.4. The molecular weight excluding hydrogens is 422 g/mol. The molecule has 4 nitrogen and oxygen atoms in total. The van der Waals surface area contributed by atoms with Crippen molar-refractivity contribution < 1.29 is 17.9 Å². The van der Waals surface area contributed by atoms with E-state index < -0.39 is 11.6 Å². The number of aliphatic imine (C=N–C) groups is 1. The fourth-order valence-corrected chi connectivity index (χ4v) is 2.63. The third-order valence-corrected chi connectivity index (χ3v) is 4.29. The number of guanidine groups is 1. The van der Waals surface area contributed by atoms with Crippen LogP contribution < -0.4 is 15.8 Å². The van der Waals surface area contributed by atoms with Gasteiger partial charge in [0.2, 0.25) is 0 Å². The average Bonchev–Trinajstić information content (AvgIpc) is 3.26. The van der Waals surface area contributed by atoms with Crippen LogP contribution in [-0.2, 0) is 0 Å². The maximum atomic E-state index is 12.9. The van der Waals surface area contributed by atoms with E-state index in [0.717, 1.165) is 11.3 Å². The van der Waals surface area contributed by atoms with Crippen molar-refractivity contribution in [2.45, 2.75) is 31.5 Å². The second-order valence-corrected chi connectivity index (χ2v) is 5.85. The monoisotopic (exact) mass is 441 g/mol. The van der Waals surface area contributed by atoms with Crippen molar-refractivity contribution in [3.8, 4) is 5.75 Å². The summed E-state index contributed by atoms with van der Waals surface area (Å²) in [5.74, 6) is 0.824. The van der Waals surface area contributed by atoms with Crippen LogP contribution in [0.15, 0.2) is 29.3 Å². The molecule has 1 atom stereocenters. The lowest BCUT2D eigenvalue weighted by Crippen LogP contribution is -2.38. The number of para-hydroxylation sites is 1. The van der Waals surface area contributed by atoms with Crippen LogP contribution in [0.5, 0.6) is 5.75 Å². The molecule has 3 rings (SSSR count). The van der Waals surface area contributed by atoms with Gasteiger partial charge in [-0.15, -0.1) is 24.0 Å². The maximum Gasteiger partial charge on any atom is 0.396 e. The number of hydrogen-bond acceptors (Lipinski definition) is 2. The van der Waals surface area contributed by atoms with E-state index in [1.54, 1.807) is 0 Å². The van der Waals surface area contributed by atoms with Gasteiger partial charge in [0.05, 0.1) is 24.6 Å². The molecule has 1 aromatic carbocycles. The molecular formula is C15H19F3IN3O. The van der Waals surface area contributed by atoms with Crippen molar-refractivity contribution in [2.75, 3.05) is 13.2 Å². The molecule has 1 aliphatic heterocycles. The molecule has 1 saturated carbocycles. The molecule has 1 aromatic rings. The third-order valence-electron chi connectivity index (χ3n) is 4.29. The molecule has 2 aliphatic rings. The minimum atomic E-state index is -4.21. The smallest absolute Gasteiger partial charge is 0.396 e. The summed E-state index contributed by atoms with van der Waals surface area (Å²) in [7, 11) is 0. The molecule has 1 fully saturated rings. The summed E-state index contributed by atoms with van der Waals surface area (Å²) in [6.45, 7) is 0.231. The highest BCUT2D eigenvalue weighted by Crippen LogP contribution is 2.57. The Morgan fingerprint density at radius 2 is 2.04 bits per heavy atom. The van der Waals surface area contributed by atoms with E-state index in [9.17, 15) is 13.2 Å². The second-order valence-electron chi connectivity index (χ2n) is 5.85. The molecule has 0 spiro atoms. The van der Waals surface area contributed by atoms with E-state index in [-0.39, 0.29) is 55.4 Å². The Labute approximate surface area is 149 Å². The Bertz CT molecular complexity index is 588. The van der Waals surface area contributed by atoms with Crippen LogP contribution in [0.1, 0.15) is 30.9 Å². The molecule has 8 heteroatoms. The van der Waals surface area contributed by atoms with Crippen molar-refractivity contribution in [2.24, 2.45) is 16.1 Å². The highest BCUT2D eigenvalue weighted by atomic mass is 127. The van der Waals surface area contributed by atoms with Gasteiger partial charge >= 0.3 is 6.18 Å². The van der Waals surface area contributed by atoms with Gasteiger partial charge in [-0.1, -0.05) is 18.2 Å². The van der Waals surface area contributed by atoms with Crippen LogP contribution >= 0.6 is 24.0 Å². The summed E-state index contributed by atoms with van der Waals surface area (Å²) in [6.07, 6.45) is -3.25. The van der Waals surface area contributed by atoms with Crippen LogP contribution in [0.25, 0.3) is 0 Å². The summed E-state index contributed by atoms with van der Waals surface area (Å²) < 4.78 is 44.1. The van der Waals surface area contributed by atoms with Crippen LogP contribution in [0.2, 0.25) is 0 Å². The van der Waals surface area contributed by atoms with Gasteiger partial charge in [-0.3, -0.25) is 4.99 Å². The number of halogens is 4. The minimum Gasteiger partial charge on any atom is -0.493 e. The topological polar surface area (TPSA) is 59.6 Å². The van der Waals surface area contributed by atoms with Crippen LogP contribution in [0.4, 0.5) is 13.2 Å². The lowest BCUT2D eigenvalue weighted by atomic mass is 10.0. The number of hydrogen-bond donors (Lipinski definition) is 2. The van der Waals surface area contributed by atoms with E-state index in [0.29, 0.717) is 13.0 Å². The lowest BCUT2D eigenvalue weighted by Gasteiger charge is -2.27. The summed E-state index contributed by atoms with van der Waals surface area (Å²) in [6, 6.07) is 7.45. The number of nitrogens with one attached hydrogen (secondary N) is 1. The molecule has 0 amide bonds. The van der Waals surface area contributed by atoms with Crippen molar-refractivity contribution in [1.29, 1.82) is 0 Å². The molecule has 128 valence electrons. The average molecular weight is 441 g/mol. The molecule has 0 aromatic heterocycles. The normalized spacial score (nSPS) is 22.4. The second kappa shape index (κ2) is 6.74. The summed E-state index contributed by atoms with van der Waals surface area (Å²) in [5, 5.41) is 3.01. The quantitative estimate of drug-likeness (QED) is 0.430. The molecule has 1 heterocycles. The first-order valence-corrected chi connectivity index (χ1v) is 7.26. The number of fused-ring (bicyclic) bond motifs is 1. The van der Waals surface area contributed by atoms with Crippen molar-refractivity contribution in [3.05, 3.63) is 29.8 Å². The molecule has 1 unspecified atom stereocenters. The van der Waals surface area contributed by atoms with E-state index in [4.69, 9.17) is 10.5 Å². The van der Waals surface area contributed by atoms with Crippen LogP contribution in [-0.4, -0.2) is 25.3 Å². The predicted molar refractivity (Wildman–Crippen MR) is 92.1 cm³/mol. The van der Waals surface area contributed by atoms with Gasteiger partial charge in [-0.25, -0.2) is 0 Å². The summed E-state index contributed by atoms with van der Waals surface area (Å²) >= 11 is 0. The highest BCUT2D eigenvalue weighted by molar-refractivity contribution is 14.0. The SMILES string of the molecule is I.NC(=NCC1(C(F)(F)F)CC1)NC1CCOc2ccccc21. The van der Waals surface area contributed by atoms with Crippen molar-refractivity contribution in [3.63, 3.8) is 0 Å². The molecule has 0 saturated heterocycles. The van der Waals surface area contributed by atoms with E-state index >= 15 is 0 Å². The highest BCUT2D eigenvalue weighted by Gasteiger charge is 2.63. The number of nitrogens with two attached hydrogens (primary N) is 1. The summed E-state index contributed by atoms with van der Waals surface area (Å²) in [5.41, 5.74) is 5.06. The zero-order valence-corrected chi connectivity index (χ0v) is 14.7. The number of rotatable bonds is 3. The van der Waals surface area contributed by atoms with Crippen molar-refractivity contribution >= 4 is 29.9 Å².